The van der Waals surface area contributed by atoms with Crippen molar-refractivity contribution in [3.05, 3.63) is 29.8 Å². The van der Waals surface area contributed by atoms with E-state index in [2.05, 4.69) is 0 Å². The van der Waals surface area contributed by atoms with Crippen LogP contribution < -0.4 is 9.47 Å². The molecule has 0 atom stereocenters. The van der Waals surface area contributed by atoms with Crippen LogP contribution in [0.15, 0.2) is 24.3 Å². The molecule has 9 nitrogen and oxygen atoms in total. The average molecular weight is 420 g/mol. The lowest BCUT2D eigenvalue weighted by atomic mass is 10.2. The molecule has 0 N–H and O–H groups in total. The first-order chi connectivity index (χ1) is 14.5. The molecule has 1 heterocycles. The molecule has 0 unspecified atom stereocenters. The normalized spacial score (nSPS) is 13.8. The predicted octanol–water partition coefficient (Wildman–Crippen LogP) is 1.95. The second-order valence-electron chi connectivity index (χ2n) is 6.43. The lowest BCUT2D eigenvalue weighted by Crippen LogP contribution is -2.51. The molecule has 0 bridgehead atoms. The Morgan fingerprint density at radius 2 is 1.70 bits per heavy atom. The van der Waals surface area contributed by atoms with E-state index in [1.54, 1.807) is 28.9 Å². The van der Waals surface area contributed by atoms with E-state index in [-0.39, 0.29) is 25.2 Å². The second kappa shape index (κ2) is 11.7. The maximum Gasteiger partial charge on any atom is 0.409 e. The largest absolute Gasteiger partial charge is 0.493 e. The van der Waals surface area contributed by atoms with E-state index in [4.69, 9.17) is 18.9 Å². The minimum absolute atomic E-state index is 0.307. The molecule has 9 heteroatoms. The molecule has 1 aromatic carbocycles. The highest BCUT2D eigenvalue weighted by atomic mass is 16.6. The summed E-state index contributed by atoms with van der Waals surface area (Å²) in [5.74, 6) is -0.0775. The van der Waals surface area contributed by atoms with Crippen LogP contribution in [0.5, 0.6) is 11.5 Å². The number of carbonyl (C=O) groups is 3. The maximum absolute atomic E-state index is 12.2. The van der Waals surface area contributed by atoms with Crippen LogP contribution in [0.25, 0.3) is 6.08 Å². The summed E-state index contributed by atoms with van der Waals surface area (Å²) in [6.45, 7) is 4.72. The molecule has 1 aliphatic heterocycles. The molecule has 0 radical (unpaired) electrons. The van der Waals surface area contributed by atoms with Gasteiger partial charge in [0.2, 0.25) is 0 Å². The van der Waals surface area contributed by atoms with Crippen LogP contribution in [-0.2, 0) is 19.1 Å². The summed E-state index contributed by atoms with van der Waals surface area (Å²) in [4.78, 5) is 38.9. The third-order valence-corrected chi connectivity index (χ3v) is 4.41. The van der Waals surface area contributed by atoms with Gasteiger partial charge in [0, 0.05) is 26.2 Å². The predicted molar refractivity (Wildman–Crippen MR) is 109 cm³/mol. The maximum atomic E-state index is 12.2. The lowest BCUT2D eigenvalue weighted by Gasteiger charge is -2.33. The van der Waals surface area contributed by atoms with Gasteiger partial charge >= 0.3 is 12.1 Å². The van der Waals surface area contributed by atoms with Crippen molar-refractivity contribution in [2.75, 3.05) is 53.1 Å². The summed E-state index contributed by atoms with van der Waals surface area (Å²) in [6.07, 6.45) is 3.43. The fourth-order valence-electron chi connectivity index (χ4n) is 2.86. The Kier molecular flexibility index (Phi) is 8.99. The van der Waals surface area contributed by atoms with Gasteiger partial charge in [-0.25, -0.2) is 9.59 Å². The van der Waals surface area contributed by atoms with Crippen molar-refractivity contribution in [2.45, 2.75) is 13.8 Å². The van der Waals surface area contributed by atoms with Gasteiger partial charge in [0.25, 0.3) is 5.91 Å². The highest BCUT2D eigenvalue weighted by Gasteiger charge is 2.25. The van der Waals surface area contributed by atoms with E-state index in [1.807, 2.05) is 25.1 Å². The van der Waals surface area contributed by atoms with E-state index in [9.17, 15) is 14.4 Å². The second-order valence-corrected chi connectivity index (χ2v) is 6.43. The van der Waals surface area contributed by atoms with Crippen molar-refractivity contribution in [1.29, 1.82) is 0 Å². The van der Waals surface area contributed by atoms with E-state index in [1.165, 1.54) is 7.11 Å². The third-order valence-electron chi connectivity index (χ3n) is 4.41. The number of ether oxygens (including phenoxy) is 4. The van der Waals surface area contributed by atoms with Crippen molar-refractivity contribution >= 4 is 24.0 Å². The Balaban J connectivity index is 1.75. The number of methoxy groups -OCH3 is 1. The number of esters is 1. The van der Waals surface area contributed by atoms with Gasteiger partial charge < -0.3 is 28.7 Å². The van der Waals surface area contributed by atoms with E-state index < -0.39 is 5.97 Å². The van der Waals surface area contributed by atoms with Gasteiger partial charge in [0.05, 0.1) is 13.7 Å². The molecule has 0 saturated carbocycles. The van der Waals surface area contributed by atoms with Crippen molar-refractivity contribution < 1.29 is 33.3 Å². The van der Waals surface area contributed by atoms with Gasteiger partial charge in [0.15, 0.2) is 24.7 Å². The molecular formula is C21H28N2O7. The van der Waals surface area contributed by atoms with Crippen LogP contribution in [0, 0.1) is 0 Å². The van der Waals surface area contributed by atoms with E-state index in [0.717, 1.165) is 5.56 Å². The van der Waals surface area contributed by atoms with Gasteiger partial charge in [-0.1, -0.05) is 18.2 Å². The molecule has 0 aromatic heterocycles. The minimum Gasteiger partial charge on any atom is -0.493 e. The number of allylic oxidation sites excluding steroid dienone is 1. The molecule has 2 amide bonds. The zero-order valence-corrected chi connectivity index (χ0v) is 17.6. The summed E-state index contributed by atoms with van der Waals surface area (Å²) in [5.41, 5.74) is 0.943. The Morgan fingerprint density at radius 1 is 1.00 bits per heavy atom. The minimum atomic E-state index is -0.659. The molecule has 1 aromatic rings. The number of benzene rings is 1. The zero-order valence-electron chi connectivity index (χ0n) is 17.6. The lowest BCUT2D eigenvalue weighted by molar-refractivity contribution is -0.154. The van der Waals surface area contributed by atoms with Crippen molar-refractivity contribution in [3.8, 4) is 11.5 Å². The monoisotopic (exact) mass is 420 g/mol. The van der Waals surface area contributed by atoms with Crippen molar-refractivity contribution in [1.82, 2.24) is 9.80 Å². The van der Waals surface area contributed by atoms with Crippen LogP contribution in [-0.4, -0.2) is 80.9 Å². The molecule has 2 rings (SSSR count). The third kappa shape index (κ3) is 6.68. The first-order valence-corrected chi connectivity index (χ1v) is 9.77. The number of hydrogen-bond donors (Lipinski definition) is 0. The fraction of sp³-hybridized carbons (Fsp3) is 0.476. The molecule has 1 aliphatic rings. The molecule has 1 fully saturated rings. The first kappa shape index (κ1) is 23.1. The number of piperazine rings is 1. The zero-order chi connectivity index (χ0) is 21.9. The summed E-state index contributed by atoms with van der Waals surface area (Å²) in [6, 6.07) is 5.33. The SMILES string of the molecule is C/C=C/c1ccc(OCC(=O)OCC(=O)N2CCN(C(=O)OCC)CC2)c(OC)c1. The Bertz CT molecular complexity index is 771. The molecular weight excluding hydrogens is 392 g/mol. The van der Waals surface area contributed by atoms with Crippen molar-refractivity contribution in [2.24, 2.45) is 0 Å². The first-order valence-electron chi connectivity index (χ1n) is 9.77. The summed E-state index contributed by atoms with van der Waals surface area (Å²) >= 11 is 0. The van der Waals surface area contributed by atoms with Crippen LogP contribution >= 0.6 is 0 Å². The Hall–Kier alpha value is -3.23. The van der Waals surface area contributed by atoms with Crippen molar-refractivity contribution in [3.63, 3.8) is 0 Å². The summed E-state index contributed by atoms with van der Waals surface area (Å²) < 4.78 is 20.7. The van der Waals surface area contributed by atoms with Gasteiger partial charge in [-0.2, -0.15) is 0 Å². The van der Waals surface area contributed by atoms with E-state index >= 15 is 0 Å². The van der Waals surface area contributed by atoms with Crippen LogP contribution in [0.2, 0.25) is 0 Å². The number of carbonyl (C=O) groups excluding carboxylic acids is 3. The van der Waals surface area contributed by atoms with Crippen LogP contribution in [0.3, 0.4) is 0 Å². The summed E-state index contributed by atoms with van der Waals surface area (Å²) in [5, 5.41) is 0. The molecule has 30 heavy (non-hydrogen) atoms. The smallest absolute Gasteiger partial charge is 0.409 e. The quantitative estimate of drug-likeness (QED) is 0.593. The number of amides is 2. The molecule has 1 saturated heterocycles. The highest BCUT2D eigenvalue weighted by molar-refractivity contribution is 5.81. The van der Waals surface area contributed by atoms with E-state index in [0.29, 0.717) is 44.3 Å². The van der Waals surface area contributed by atoms with Crippen LogP contribution in [0.1, 0.15) is 19.4 Å². The van der Waals surface area contributed by atoms with Gasteiger partial charge in [-0.3, -0.25) is 4.79 Å². The Morgan fingerprint density at radius 3 is 2.33 bits per heavy atom. The fourth-order valence-corrected chi connectivity index (χ4v) is 2.86. The number of nitrogens with zero attached hydrogens (tertiary/aromatic N) is 2. The van der Waals surface area contributed by atoms with Gasteiger partial charge in [-0.15, -0.1) is 0 Å². The number of hydrogen-bond acceptors (Lipinski definition) is 7. The van der Waals surface area contributed by atoms with Crippen LogP contribution in [0.4, 0.5) is 4.79 Å². The standard InChI is InChI=1S/C21H28N2O7/c1-4-6-16-7-8-17(18(13-16)27-3)29-15-20(25)30-14-19(24)22-9-11-23(12-10-22)21(26)28-5-2/h4,6-8,13H,5,9-12,14-15H2,1-3H3/b6-4+. The van der Waals surface area contributed by atoms with Gasteiger partial charge in [0.1, 0.15) is 0 Å². The average Bonchev–Trinajstić information content (AvgIpc) is 2.76. The summed E-state index contributed by atoms with van der Waals surface area (Å²) in [7, 11) is 1.51. The molecule has 0 aliphatic carbocycles. The topological polar surface area (TPSA) is 94.6 Å². The molecule has 0 spiro atoms. The number of rotatable bonds is 8. The highest BCUT2D eigenvalue weighted by Crippen LogP contribution is 2.28. The molecule has 164 valence electrons. The Labute approximate surface area is 176 Å². The van der Waals surface area contributed by atoms with Gasteiger partial charge in [-0.05, 0) is 31.5 Å².